The molecule has 1 aliphatic heterocycles. The van der Waals surface area contributed by atoms with Gasteiger partial charge in [0.15, 0.2) is 0 Å². The van der Waals surface area contributed by atoms with Crippen molar-refractivity contribution in [1.82, 2.24) is 4.72 Å². The molecule has 1 fully saturated rings. The molecule has 9 nitrogen and oxygen atoms in total. The summed E-state index contributed by atoms with van der Waals surface area (Å²) in [6.07, 6.45) is -0.0593. The van der Waals surface area contributed by atoms with Gasteiger partial charge in [0.25, 0.3) is 0 Å². The number of carbonyl (C=O) groups is 2. The zero-order valence-electron chi connectivity index (χ0n) is 19.5. The summed E-state index contributed by atoms with van der Waals surface area (Å²) in [6, 6.07) is 8.77. The molecule has 3 N–H and O–H groups in total. The van der Waals surface area contributed by atoms with E-state index >= 15 is 0 Å². The summed E-state index contributed by atoms with van der Waals surface area (Å²) in [7, 11) is -4.00. The Morgan fingerprint density at radius 3 is 2.18 bits per heavy atom. The number of nitrogens with zero attached hydrogens (tertiary/aromatic N) is 1. The van der Waals surface area contributed by atoms with Crippen LogP contribution in [0.5, 0.6) is 0 Å². The number of hydrogen-bond donors (Lipinski definition) is 3. The summed E-state index contributed by atoms with van der Waals surface area (Å²) in [5.74, 6) is -1.41. The van der Waals surface area contributed by atoms with E-state index in [2.05, 4.69) is 15.4 Å². The van der Waals surface area contributed by atoms with Crippen molar-refractivity contribution in [1.29, 1.82) is 0 Å². The minimum absolute atomic E-state index is 0.0296. The number of anilines is 3. The van der Waals surface area contributed by atoms with Gasteiger partial charge in [-0.05, 0) is 63.2 Å². The highest BCUT2D eigenvalue weighted by Gasteiger charge is 2.25. The van der Waals surface area contributed by atoms with Crippen LogP contribution in [0.15, 0.2) is 47.4 Å². The van der Waals surface area contributed by atoms with Crippen molar-refractivity contribution in [2.45, 2.75) is 50.8 Å². The van der Waals surface area contributed by atoms with Crippen LogP contribution in [0.25, 0.3) is 0 Å². The molecule has 184 valence electrons. The number of morpholine rings is 1. The van der Waals surface area contributed by atoms with Crippen LogP contribution in [0.4, 0.5) is 21.5 Å². The van der Waals surface area contributed by atoms with E-state index in [9.17, 15) is 22.4 Å². The topological polar surface area (TPSA) is 117 Å². The number of halogens is 1. The molecule has 2 amide bonds. The fourth-order valence-electron chi connectivity index (χ4n) is 3.74. The number of benzene rings is 2. The van der Waals surface area contributed by atoms with Gasteiger partial charge < -0.3 is 20.3 Å². The van der Waals surface area contributed by atoms with Gasteiger partial charge in [0.05, 0.1) is 28.8 Å². The maximum atomic E-state index is 14.8. The molecule has 2 aromatic rings. The van der Waals surface area contributed by atoms with Crippen molar-refractivity contribution in [2.24, 2.45) is 0 Å². The Bertz CT molecular complexity index is 1150. The van der Waals surface area contributed by atoms with E-state index in [1.807, 2.05) is 18.7 Å². The molecule has 3 atom stereocenters. The highest BCUT2D eigenvalue weighted by molar-refractivity contribution is 7.89. The molecule has 0 spiro atoms. The first-order valence-corrected chi connectivity index (χ1v) is 12.3. The molecule has 11 heteroatoms. The smallest absolute Gasteiger partial charge is 0.242 e. The second kappa shape index (κ2) is 10.5. The molecule has 34 heavy (non-hydrogen) atoms. The van der Waals surface area contributed by atoms with Gasteiger partial charge in [-0.15, -0.1) is 0 Å². The average molecular weight is 493 g/mol. The van der Waals surface area contributed by atoms with Crippen molar-refractivity contribution in [3.63, 3.8) is 0 Å². The summed E-state index contributed by atoms with van der Waals surface area (Å²) >= 11 is 0. The first-order chi connectivity index (χ1) is 15.9. The Labute approximate surface area is 198 Å². The maximum absolute atomic E-state index is 14.8. The number of nitrogens with one attached hydrogen (secondary N) is 3. The third kappa shape index (κ3) is 6.52. The van der Waals surface area contributed by atoms with Crippen LogP contribution in [0.3, 0.4) is 0 Å². The number of carbonyl (C=O) groups excluding carboxylic acids is 2. The van der Waals surface area contributed by atoms with Gasteiger partial charge in [-0.2, -0.15) is 4.72 Å². The van der Waals surface area contributed by atoms with Gasteiger partial charge in [-0.1, -0.05) is 0 Å². The lowest BCUT2D eigenvalue weighted by atomic mass is 10.1. The minimum Gasteiger partial charge on any atom is -0.372 e. The molecule has 0 bridgehead atoms. The van der Waals surface area contributed by atoms with E-state index in [0.717, 1.165) is 0 Å². The summed E-state index contributed by atoms with van der Waals surface area (Å²) in [5.41, 5.74) is 1.08. The summed E-state index contributed by atoms with van der Waals surface area (Å²) < 4.78 is 48.0. The first-order valence-electron chi connectivity index (χ1n) is 10.9. The van der Waals surface area contributed by atoms with Crippen LogP contribution in [-0.4, -0.2) is 51.6 Å². The number of hydrogen-bond acceptors (Lipinski definition) is 6. The Kier molecular flexibility index (Phi) is 7.90. The number of rotatable bonds is 7. The molecule has 0 aromatic heterocycles. The van der Waals surface area contributed by atoms with Crippen molar-refractivity contribution >= 4 is 38.9 Å². The molecule has 2 aromatic carbocycles. The predicted octanol–water partition coefficient (Wildman–Crippen LogP) is 2.70. The molecule has 0 radical (unpaired) electrons. The van der Waals surface area contributed by atoms with Gasteiger partial charge >= 0.3 is 0 Å². The van der Waals surface area contributed by atoms with Crippen LogP contribution in [0.2, 0.25) is 0 Å². The second-order valence-electron chi connectivity index (χ2n) is 8.37. The van der Waals surface area contributed by atoms with E-state index in [1.165, 1.54) is 44.2 Å². The van der Waals surface area contributed by atoms with Crippen molar-refractivity contribution in [3.8, 4) is 0 Å². The highest BCUT2D eigenvalue weighted by Crippen LogP contribution is 2.26. The van der Waals surface area contributed by atoms with Gasteiger partial charge in [0.2, 0.25) is 21.8 Å². The standard InChI is InChI=1S/C23H29FN4O5S/c1-14-12-28(13-15(2)33-14)22-10-7-19(11-21(22)24)26-23(30)16(3)27-34(31,32)20-8-5-18(6-9-20)25-17(4)29/h5-11,14-16,27H,12-13H2,1-4H3,(H,25,29)(H,26,30)/t14?,15?,16-/m0/s1. The number of ether oxygens (including phenoxy) is 1. The second-order valence-corrected chi connectivity index (χ2v) is 10.1. The van der Waals surface area contributed by atoms with Crippen LogP contribution in [-0.2, 0) is 24.3 Å². The summed E-state index contributed by atoms with van der Waals surface area (Å²) in [5, 5.41) is 5.08. The molecule has 3 rings (SSSR count). The zero-order valence-corrected chi connectivity index (χ0v) is 20.3. The quantitative estimate of drug-likeness (QED) is 0.547. The van der Waals surface area contributed by atoms with E-state index < -0.39 is 27.8 Å². The molecule has 0 aliphatic carbocycles. The van der Waals surface area contributed by atoms with Gasteiger partial charge in [0.1, 0.15) is 5.82 Å². The minimum atomic E-state index is -4.00. The molecule has 0 saturated carbocycles. The van der Waals surface area contributed by atoms with E-state index in [-0.39, 0.29) is 28.7 Å². The Hall–Kier alpha value is -3.02. The lowest BCUT2D eigenvalue weighted by Crippen LogP contribution is -2.45. The predicted molar refractivity (Wildman–Crippen MR) is 128 cm³/mol. The first kappa shape index (κ1) is 25.6. The zero-order chi connectivity index (χ0) is 25.0. The van der Waals surface area contributed by atoms with E-state index in [4.69, 9.17) is 4.74 Å². The van der Waals surface area contributed by atoms with Crippen LogP contribution >= 0.6 is 0 Å². The number of sulfonamides is 1. The van der Waals surface area contributed by atoms with Gasteiger partial charge in [-0.3, -0.25) is 9.59 Å². The summed E-state index contributed by atoms with van der Waals surface area (Å²) in [6.45, 7) is 7.69. The molecular formula is C23H29FN4O5S. The molecule has 1 saturated heterocycles. The van der Waals surface area contributed by atoms with Crippen LogP contribution in [0.1, 0.15) is 27.7 Å². The van der Waals surface area contributed by atoms with Gasteiger partial charge in [-0.25, -0.2) is 12.8 Å². The Morgan fingerprint density at radius 1 is 1.03 bits per heavy atom. The Balaban J connectivity index is 1.63. The maximum Gasteiger partial charge on any atom is 0.242 e. The van der Waals surface area contributed by atoms with Crippen LogP contribution < -0.4 is 20.3 Å². The van der Waals surface area contributed by atoms with Crippen molar-refractivity contribution in [3.05, 3.63) is 48.3 Å². The largest absolute Gasteiger partial charge is 0.372 e. The molecule has 2 unspecified atom stereocenters. The number of amides is 2. The Morgan fingerprint density at radius 2 is 1.62 bits per heavy atom. The molecule has 1 aliphatic rings. The highest BCUT2D eigenvalue weighted by atomic mass is 32.2. The van der Waals surface area contributed by atoms with Crippen molar-refractivity contribution in [2.75, 3.05) is 28.6 Å². The third-order valence-electron chi connectivity index (χ3n) is 5.19. The molecule has 1 heterocycles. The monoisotopic (exact) mass is 492 g/mol. The van der Waals surface area contributed by atoms with E-state index in [1.54, 1.807) is 12.1 Å². The van der Waals surface area contributed by atoms with Gasteiger partial charge in [0, 0.05) is 31.4 Å². The SMILES string of the molecule is CC(=O)Nc1ccc(S(=O)(=O)N[C@@H](C)C(=O)Nc2ccc(N3CC(C)OC(C)C3)c(F)c2)cc1. The summed E-state index contributed by atoms with van der Waals surface area (Å²) in [4.78, 5) is 25.5. The third-order valence-corrected chi connectivity index (χ3v) is 6.74. The molecular weight excluding hydrogens is 463 g/mol. The van der Waals surface area contributed by atoms with E-state index in [0.29, 0.717) is 24.5 Å². The normalized spacial score (nSPS) is 19.4. The van der Waals surface area contributed by atoms with Crippen molar-refractivity contribution < 1.29 is 27.1 Å². The lowest BCUT2D eigenvalue weighted by Gasteiger charge is -2.37. The fraction of sp³-hybridized carbons (Fsp3) is 0.391. The van der Waals surface area contributed by atoms with Crippen LogP contribution in [0, 0.1) is 5.82 Å². The fourth-order valence-corrected chi connectivity index (χ4v) is 4.94. The average Bonchev–Trinajstić information content (AvgIpc) is 2.72. The lowest BCUT2D eigenvalue weighted by molar-refractivity contribution is -0.117.